The molecule has 2 aliphatic carbocycles. The van der Waals surface area contributed by atoms with Crippen molar-refractivity contribution in [3.63, 3.8) is 0 Å². The molecule has 0 bridgehead atoms. The van der Waals surface area contributed by atoms with Crippen molar-refractivity contribution in [1.29, 1.82) is 0 Å². The van der Waals surface area contributed by atoms with Gasteiger partial charge in [-0.3, -0.25) is 9.69 Å². The van der Waals surface area contributed by atoms with Gasteiger partial charge >= 0.3 is 0 Å². The van der Waals surface area contributed by atoms with Gasteiger partial charge in [0.05, 0.1) is 43.7 Å². The number of hydrogen-bond donors (Lipinski definition) is 4. The van der Waals surface area contributed by atoms with Gasteiger partial charge in [0.25, 0.3) is 0 Å². The monoisotopic (exact) mass is 511 g/mol. The van der Waals surface area contributed by atoms with Crippen molar-refractivity contribution in [2.24, 2.45) is 16.7 Å². The molecule has 0 aromatic rings. The molecule has 4 rings (SSSR count). The highest BCUT2D eigenvalue weighted by molar-refractivity contribution is 5.92. The van der Waals surface area contributed by atoms with Gasteiger partial charge in [0.15, 0.2) is 11.4 Å². The van der Waals surface area contributed by atoms with Crippen molar-refractivity contribution >= 4 is 5.78 Å². The van der Waals surface area contributed by atoms with E-state index in [9.17, 15) is 25.2 Å². The highest BCUT2D eigenvalue weighted by Crippen LogP contribution is 2.67. The number of rotatable bonds is 6. The molecule has 9 atom stereocenters. The Morgan fingerprint density at radius 2 is 1.83 bits per heavy atom. The molecule has 4 fully saturated rings. The third kappa shape index (κ3) is 4.02. The van der Waals surface area contributed by atoms with Crippen LogP contribution in [0.25, 0.3) is 0 Å². The van der Waals surface area contributed by atoms with Crippen LogP contribution in [0.3, 0.4) is 0 Å². The second-order valence-corrected chi connectivity index (χ2v) is 12.7. The number of β-amino-alcohol motifs (C(OH)–C–C–N with tert-alkyl or cyclic N) is 1. The first-order valence-electron chi connectivity index (χ1n) is 13.2. The van der Waals surface area contributed by atoms with E-state index in [1.54, 1.807) is 20.8 Å². The largest absolute Gasteiger partial charge is 0.392 e. The molecule has 2 aliphatic heterocycles. The highest BCUT2D eigenvalue weighted by Gasteiger charge is 2.80. The molecule has 1 unspecified atom stereocenters. The van der Waals surface area contributed by atoms with E-state index in [0.29, 0.717) is 45.7 Å². The topological polar surface area (TPSA) is 129 Å². The van der Waals surface area contributed by atoms with E-state index in [1.165, 1.54) is 6.08 Å². The normalized spacial score (nSPS) is 48.1. The number of aliphatic hydroxyl groups excluding tert-OH is 3. The summed E-state index contributed by atoms with van der Waals surface area (Å²) in [6, 6.07) is 0. The molecule has 0 radical (unpaired) electrons. The van der Waals surface area contributed by atoms with Crippen molar-refractivity contribution in [2.75, 3.05) is 39.5 Å². The number of ketones is 1. The Morgan fingerprint density at radius 1 is 1.19 bits per heavy atom. The summed E-state index contributed by atoms with van der Waals surface area (Å²) in [6.07, 6.45) is -1.75. The second kappa shape index (κ2) is 9.38. The van der Waals surface area contributed by atoms with Gasteiger partial charge in [0.1, 0.15) is 11.7 Å². The van der Waals surface area contributed by atoms with Gasteiger partial charge in [-0.25, -0.2) is 0 Å². The van der Waals surface area contributed by atoms with Gasteiger partial charge in [-0.1, -0.05) is 26.8 Å². The quantitative estimate of drug-likeness (QED) is 0.380. The van der Waals surface area contributed by atoms with E-state index in [1.807, 2.05) is 13.8 Å². The lowest BCUT2D eigenvalue weighted by molar-refractivity contribution is -0.376. The molecule has 4 aliphatic rings. The van der Waals surface area contributed by atoms with Crippen LogP contribution < -0.4 is 0 Å². The summed E-state index contributed by atoms with van der Waals surface area (Å²) >= 11 is 0. The van der Waals surface area contributed by atoms with Crippen LogP contribution in [-0.2, 0) is 19.0 Å². The molecule has 0 aromatic carbocycles. The van der Waals surface area contributed by atoms with E-state index in [0.717, 1.165) is 0 Å². The molecule has 9 heteroatoms. The molecule has 2 heterocycles. The summed E-state index contributed by atoms with van der Waals surface area (Å²) in [5.41, 5.74) is -6.82. The number of aliphatic hydroxyl groups is 4. The summed E-state index contributed by atoms with van der Waals surface area (Å²) in [5, 5.41) is 46.5. The Hall–Kier alpha value is -0.910. The zero-order valence-corrected chi connectivity index (χ0v) is 22.4. The predicted octanol–water partition coefficient (Wildman–Crippen LogP) is 0.667. The van der Waals surface area contributed by atoms with Crippen molar-refractivity contribution in [1.82, 2.24) is 4.90 Å². The molecule has 2 saturated heterocycles. The zero-order chi connectivity index (χ0) is 26.7. The minimum atomic E-state index is -2.14. The third-order valence-electron chi connectivity index (χ3n) is 9.77. The minimum absolute atomic E-state index is 0.111. The Morgan fingerprint density at radius 3 is 2.44 bits per heavy atom. The number of nitrogens with zero attached hydrogens (tertiary/aromatic N) is 1. The van der Waals surface area contributed by atoms with Gasteiger partial charge in [0.2, 0.25) is 0 Å². The molecule has 0 amide bonds. The molecule has 0 aromatic heterocycles. The molecule has 2 saturated carbocycles. The van der Waals surface area contributed by atoms with Gasteiger partial charge in [-0.2, -0.15) is 0 Å². The first kappa shape index (κ1) is 28.1. The van der Waals surface area contributed by atoms with Crippen molar-refractivity contribution < 1.29 is 39.4 Å². The summed E-state index contributed by atoms with van der Waals surface area (Å²) in [5.74, 6) is -1.12. The summed E-state index contributed by atoms with van der Waals surface area (Å²) in [6.45, 7) is 15.7. The van der Waals surface area contributed by atoms with Crippen LogP contribution in [0.4, 0.5) is 0 Å². The van der Waals surface area contributed by atoms with E-state index < -0.39 is 63.8 Å². The fraction of sp³-hybridized carbons (Fsp3) is 0.889. The molecular formula is C27H45NO8. The SMILES string of the molecule is C=C[C@@]1(C)CC(=O)[C@]2(O)[C@@]3(C)[C@@H](O)CCC(C)(C)[C@@H]3[C@H](O)[C@H](OCC(O)CN3CCOCC3)[C@@]2(C)O1. The lowest BCUT2D eigenvalue weighted by Crippen LogP contribution is -2.86. The van der Waals surface area contributed by atoms with Crippen molar-refractivity contribution in [3.8, 4) is 0 Å². The van der Waals surface area contributed by atoms with Crippen LogP contribution >= 0.6 is 0 Å². The Kier molecular flexibility index (Phi) is 7.32. The molecular weight excluding hydrogens is 466 g/mol. The molecule has 9 nitrogen and oxygen atoms in total. The van der Waals surface area contributed by atoms with Gasteiger partial charge in [0, 0.05) is 37.4 Å². The standard InChI is InChI=1S/C27H45NO8/c1-7-24(4)14-19(31)27(33)25(5)18(30)8-9-23(2,3)21(25)20(32)22(26(27,6)36-24)35-16-17(29)15-28-10-12-34-13-11-28/h7,17-18,20-22,29-30,32-33H,1,8-16H2,2-6H3/t17?,18-,20-,21-,22-,24-,25-,26+,27-/m0/s1. The van der Waals surface area contributed by atoms with Crippen LogP contribution in [0.1, 0.15) is 53.9 Å². The third-order valence-corrected chi connectivity index (χ3v) is 9.77. The van der Waals surface area contributed by atoms with E-state index in [4.69, 9.17) is 14.2 Å². The van der Waals surface area contributed by atoms with Crippen LogP contribution in [0.5, 0.6) is 0 Å². The maximum Gasteiger partial charge on any atom is 0.171 e. The van der Waals surface area contributed by atoms with Gasteiger partial charge in [-0.15, -0.1) is 6.58 Å². The average Bonchev–Trinajstić information content (AvgIpc) is 2.80. The Bertz CT molecular complexity index is 861. The Balaban J connectivity index is 1.73. The Labute approximate surface area is 214 Å². The molecule has 0 spiro atoms. The summed E-state index contributed by atoms with van der Waals surface area (Å²) in [4.78, 5) is 16.0. The fourth-order valence-corrected chi connectivity index (χ4v) is 7.90. The van der Waals surface area contributed by atoms with Crippen LogP contribution in [-0.4, -0.2) is 112 Å². The number of ether oxygens (including phenoxy) is 3. The van der Waals surface area contributed by atoms with Crippen LogP contribution in [0.15, 0.2) is 12.7 Å². The highest BCUT2D eigenvalue weighted by atomic mass is 16.6. The fourth-order valence-electron chi connectivity index (χ4n) is 7.90. The number of fused-ring (bicyclic) bond motifs is 3. The maximum atomic E-state index is 13.9. The summed E-state index contributed by atoms with van der Waals surface area (Å²) < 4.78 is 18.1. The first-order valence-corrected chi connectivity index (χ1v) is 13.2. The van der Waals surface area contributed by atoms with Gasteiger partial charge < -0.3 is 34.6 Å². The minimum Gasteiger partial charge on any atom is -0.392 e. The molecule has 4 N–H and O–H groups in total. The number of Topliss-reactive ketones (excluding diaryl/α,β-unsaturated/α-hetero) is 1. The number of hydrogen-bond acceptors (Lipinski definition) is 9. The maximum absolute atomic E-state index is 13.9. The zero-order valence-electron chi connectivity index (χ0n) is 22.4. The number of carbonyl (C=O) groups excluding carboxylic acids is 1. The van der Waals surface area contributed by atoms with Crippen LogP contribution in [0.2, 0.25) is 0 Å². The first-order chi connectivity index (χ1) is 16.7. The second-order valence-electron chi connectivity index (χ2n) is 12.7. The molecule has 206 valence electrons. The van der Waals surface area contributed by atoms with E-state index >= 15 is 0 Å². The van der Waals surface area contributed by atoms with E-state index in [-0.39, 0.29) is 13.0 Å². The molecule has 36 heavy (non-hydrogen) atoms. The smallest absolute Gasteiger partial charge is 0.171 e. The van der Waals surface area contributed by atoms with Crippen molar-refractivity contribution in [3.05, 3.63) is 12.7 Å². The predicted molar refractivity (Wildman–Crippen MR) is 132 cm³/mol. The number of morpholine rings is 1. The summed E-state index contributed by atoms with van der Waals surface area (Å²) in [7, 11) is 0. The van der Waals surface area contributed by atoms with Crippen molar-refractivity contribution in [2.45, 2.75) is 95.1 Å². The van der Waals surface area contributed by atoms with Gasteiger partial charge in [-0.05, 0) is 32.1 Å². The lowest BCUT2D eigenvalue weighted by Gasteiger charge is -2.71. The van der Waals surface area contributed by atoms with Crippen LogP contribution in [0, 0.1) is 16.7 Å². The number of carbonyl (C=O) groups is 1. The lowest BCUT2D eigenvalue weighted by atomic mass is 9.40. The van der Waals surface area contributed by atoms with E-state index in [2.05, 4.69) is 11.5 Å². The average molecular weight is 512 g/mol.